The van der Waals surface area contributed by atoms with Crippen LogP contribution in [0.2, 0.25) is 0 Å². The molecule has 0 aliphatic heterocycles. The second-order valence-electron chi connectivity index (χ2n) is 5.93. The fourth-order valence-corrected chi connectivity index (χ4v) is 3.37. The number of nitrogens with one attached hydrogen (secondary N) is 1. The number of rotatable bonds is 6. The molecule has 0 amide bonds. The van der Waals surface area contributed by atoms with Gasteiger partial charge in [-0.05, 0) is 36.2 Å². The predicted molar refractivity (Wildman–Crippen MR) is 103 cm³/mol. The Morgan fingerprint density at radius 3 is 2.36 bits per heavy atom. The van der Waals surface area contributed by atoms with Crippen LogP contribution in [0.4, 0.5) is 5.69 Å². The Balaban J connectivity index is 2.04. The van der Waals surface area contributed by atoms with Crippen LogP contribution in [0, 0.1) is 11.8 Å². The third kappa shape index (κ3) is 5.35. The minimum Gasteiger partial charge on any atom is -0.377 e. The smallest absolute Gasteiger partial charge is 0.241 e. The lowest BCUT2D eigenvalue weighted by atomic mass is 10.1. The van der Waals surface area contributed by atoms with Gasteiger partial charge in [0.1, 0.15) is 0 Å². The van der Waals surface area contributed by atoms with E-state index in [0.29, 0.717) is 0 Å². The van der Waals surface area contributed by atoms with Crippen molar-refractivity contribution in [1.82, 2.24) is 4.72 Å². The minimum atomic E-state index is -3.54. The second-order valence-corrected chi connectivity index (χ2v) is 7.70. The van der Waals surface area contributed by atoms with Gasteiger partial charge in [0, 0.05) is 19.7 Å². The lowest BCUT2D eigenvalue weighted by molar-refractivity contribution is 0.586. The Bertz CT molecular complexity index is 861. The molecular weight excluding hydrogens is 332 g/mol. The van der Waals surface area contributed by atoms with Crippen LogP contribution in [0.5, 0.6) is 0 Å². The Labute approximate surface area is 150 Å². The third-order valence-corrected chi connectivity index (χ3v) is 5.15. The highest BCUT2D eigenvalue weighted by atomic mass is 32.2. The molecule has 5 heteroatoms. The summed E-state index contributed by atoms with van der Waals surface area (Å²) in [4.78, 5) is 2.24. The van der Waals surface area contributed by atoms with Crippen LogP contribution in [0.25, 0.3) is 0 Å². The first-order valence-electron chi connectivity index (χ1n) is 8.28. The third-order valence-electron chi connectivity index (χ3n) is 3.73. The van der Waals surface area contributed by atoms with Crippen molar-refractivity contribution >= 4 is 15.7 Å². The van der Waals surface area contributed by atoms with Crippen LogP contribution < -0.4 is 9.62 Å². The van der Waals surface area contributed by atoms with Gasteiger partial charge in [-0.1, -0.05) is 49.5 Å². The van der Waals surface area contributed by atoms with Gasteiger partial charge in [-0.25, -0.2) is 8.42 Å². The fourth-order valence-electron chi connectivity index (χ4n) is 2.45. The lowest BCUT2D eigenvalue weighted by Crippen LogP contribution is -2.24. The number of hydrogen-bond donors (Lipinski definition) is 1. The normalized spacial score (nSPS) is 10.8. The summed E-state index contributed by atoms with van der Waals surface area (Å²) in [7, 11) is 0.364. The first kappa shape index (κ1) is 19.0. The molecule has 0 unspecified atom stereocenters. The van der Waals surface area contributed by atoms with E-state index in [4.69, 9.17) is 0 Å². The molecule has 4 nitrogen and oxygen atoms in total. The lowest BCUT2D eigenvalue weighted by Gasteiger charge is -2.13. The zero-order valence-corrected chi connectivity index (χ0v) is 15.7. The predicted octanol–water partition coefficient (Wildman–Crippen LogP) is 3.04. The zero-order chi connectivity index (χ0) is 18.3. The van der Waals surface area contributed by atoms with E-state index < -0.39 is 10.0 Å². The Morgan fingerprint density at radius 2 is 1.72 bits per heavy atom. The van der Waals surface area contributed by atoms with E-state index in [1.165, 1.54) is 0 Å². The van der Waals surface area contributed by atoms with E-state index in [2.05, 4.69) is 23.5 Å². The number of aryl methyl sites for hydroxylation is 1. The summed E-state index contributed by atoms with van der Waals surface area (Å²) < 4.78 is 27.1. The van der Waals surface area contributed by atoms with Crippen LogP contribution in [0.15, 0.2) is 53.4 Å². The monoisotopic (exact) mass is 356 g/mol. The molecule has 0 saturated heterocycles. The van der Waals surface area contributed by atoms with Crippen LogP contribution >= 0.6 is 0 Å². The van der Waals surface area contributed by atoms with Gasteiger partial charge in [0.05, 0.1) is 17.1 Å². The summed E-state index contributed by atoms with van der Waals surface area (Å²) in [6.45, 7) is 2.17. The van der Waals surface area contributed by atoms with Gasteiger partial charge in [-0.2, -0.15) is 4.72 Å². The molecule has 0 bridgehead atoms. The molecule has 2 aromatic carbocycles. The summed E-state index contributed by atoms with van der Waals surface area (Å²) in [5, 5.41) is 0. The van der Waals surface area contributed by atoms with Gasteiger partial charge in [0.2, 0.25) is 10.0 Å². The molecule has 0 spiro atoms. The quantitative estimate of drug-likeness (QED) is 0.810. The van der Waals surface area contributed by atoms with Crippen molar-refractivity contribution in [3.05, 3.63) is 59.7 Å². The SMILES string of the molecule is CCCc1ccc(S(=O)(=O)NCC#Cc2ccccc2N(C)C)cc1. The molecule has 2 rings (SSSR count). The maximum atomic E-state index is 12.3. The minimum absolute atomic E-state index is 0.0702. The van der Waals surface area contributed by atoms with E-state index in [1.54, 1.807) is 12.1 Å². The second kappa shape index (κ2) is 8.70. The van der Waals surface area contributed by atoms with Gasteiger partial charge in [0.25, 0.3) is 0 Å². The first-order chi connectivity index (χ1) is 11.9. The number of para-hydroxylation sites is 1. The highest BCUT2D eigenvalue weighted by Gasteiger charge is 2.12. The summed E-state index contributed by atoms with van der Waals surface area (Å²) >= 11 is 0. The highest BCUT2D eigenvalue weighted by molar-refractivity contribution is 7.89. The summed E-state index contributed by atoms with van der Waals surface area (Å²) in [6.07, 6.45) is 1.98. The summed E-state index contributed by atoms with van der Waals surface area (Å²) in [5.74, 6) is 5.91. The molecule has 0 aliphatic rings. The number of hydrogen-bond acceptors (Lipinski definition) is 3. The maximum absolute atomic E-state index is 12.3. The molecule has 0 fully saturated rings. The average molecular weight is 356 g/mol. The molecule has 0 heterocycles. The average Bonchev–Trinajstić information content (AvgIpc) is 2.60. The topological polar surface area (TPSA) is 49.4 Å². The molecule has 1 N–H and O–H groups in total. The number of nitrogens with zero attached hydrogens (tertiary/aromatic N) is 1. The van der Waals surface area contributed by atoms with Gasteiger partial charge < -0.3 is 4.90 Å². The van der Waals surface area contributed by atoms with Crippen molar-refractivity contribution in [3.63, 3.8) is 0 Å². The van der Waals surface area contributed by atoms with Crippen molar-refractivity contribution in [1.29, 1.82) is 0 Å². The van der Waals surface area contributed by atoms with Crippen molar-refractivity contribution < 1.29 is 8.42 Å². The van der Waals surface area contributed by atoms with Gasteiger partial charge in [-0.15, -0.1) is 0 Å². The number of benzene rings is 2. The molecule has 2 aromatic rings. The van der Waals surface area contributed by atoms with Crippen LogP contribution in [-0.2, 0) is 16.4 Å². The molecule has 0 aromatic heterocycles. The molecule has 132 valence electrons. The maximum Gasteiger partial charge on any atom is 0.241 e. The van der Waals surface area contributed by atoms with Crippen molar-refractivity contribution in [2.24, 2.45) is 0 Å². The highest BCUT2D eigenvalue weighted by Crippen LogP contribution is 2.16. The van der Waals surface area contributed by atoms with E-state index in [9.17, 15) is 8.42 Å². The van der Waals surface area contributed by atoms with Crippen molar-refractivity contribution in [2.75, 3.05) is 25.5 Å². The molecule has 0 saturated carbocycles. The number of sulfonamides is 1. The van der Waals surface area contributed by atoms with Gasteiger partial charge in [-0.3, -0.25) is 0 Å². The van der Waals surface area contributed by atoms with E-state index >= 15 is 0 Å². The Kier molecular flexibility index (Phi) is 6.63. The zero-order valence-electron chi connectivity index (χ0n) is 14.9. The largest absolute Gasteiger partial charge is 0.377 e. The van der Waals surface area contributed by atoms with Crippen LogP contribution in [0.3, 0.4) is 0 Å². The van der Waals surface area contributed by atoms with Gasteiger partial charge in [0.15, 0.2) is 0 Å². The van der Waals surface area contributed by atoms with E-state index in [-0.39, 0.29) is 11.4 Å². The molecule has 25 heavy (non-hydrogen) atoms. The molecule has 0 aliphatic carbocycles. The first-order valence-corrected chi connectivity index (χ1v) is 9.76. The van der Waals surface area contributed by atoms with E-state index in [0.717, 1.165) is 29.7 Å². The van der Waals surface area contributed by atoms with Crippen LogP contribution in [-0.4, -0.2) is 29.1 Å². The van der Waals surface area contributed by atoms with E-state index in [1.807, 2.05) is 55.4 Å². The Hall–Kier alpha value is -2.29. The molecule has 0 radical (unpaired) electrons. The standard InChI is InChI=1S/C20H24N2O2S/c1-4-8-17-12-14-19(15-13-17)25(23,24)21-16-7-10-18-9-5-6-11-20(18)22(2)3/h5-6,9,11-15,21H,4,8,16H2,1-3H3. The fraction of sp³-hybridized carbons (Fsp3) is 0.300. The summed E-state index contributed by atoms with van der Waals surface area (Å²) in [6, 6.07) is 14.8. The molecule has 0 atom stereocenters. The van der Waals surface area contributed by atoms with Crippen LogP contribution in [0.1, 0.15) is 24.5 Å². The Morgan fingerprint density at radius 1 is 1.04 bits per heavy atom. The molecular formula is C20H24N2O2S. The number of anilines is 1. The summed E-state index contributed by atoms with van der Waals surface area (Å²) in [5.41, 5.74) is 3.02. The van der Waals surface area contributed by atoms with Crippen molar-refractivity contribution in [2.45, 2.75) is 24.7 Å². The van der Waals surface area contributed by atoms with Gasteiger partial charge >= 0.3 is 0 Å². The van der Waals surface area contributed by atoms with Crippen molar-refractivity contribution in [3.8, 4) is 11.8 Å².